The third-order valence-corrected chi connectivity index (χ3v) is 4.33. The van der Waals surface area contributed by atoms with E-state index in [0.29, 0.717) is 12.0 Å². The van der Waals surface area contributed by atoms with Crippen molar-refractivity contribution in [2.24, 2.45) is 5.10 Å². The minimum Gasteiger partial charge on any atom is -0.461 e. The van der Waals surface area contributed by atoms with E-state index in [-0.39, 0.29) is 17.9 Å². The van der Waals surface area contributed by atoms with E-state index in [1.165, 1.54) is 6.07 Å². The molecule has 1 heterocycles. The Hall–Kier alpha value is -3.41. The predicted octanol–water partition coefficient (Wildman–Crippen LogP) is 3.98. The average molecular weight is 378 g/mol. The SMILES string of the molecule is CCOC(=O)/C(Cc1ccccc1)=N/Nc1cc2c(C)cc(=O)oc2cc1C. The lowest BCUT2D eigenvalue weighted by atomic mass is 10.1. The van der Waals surface area contributed by atoms with Crippen molar-refractivity contribution in [2.75, 3.05) is 12.0 Å². The van der Waals surface area contributed by atoms with Gasteiger partial charge in [0, 0.05) is 17.9 Å². The summed E-state index contributed by atoms with van der Waals surface area (Å²) in [5.41, 5.74) is 6.73. The molecule has 3 rings (SSSR count). The van der Waals surface area contributed by atoms with E-state index < -0.39 is 5.97 Å². The number of hydrogen-bond acceptors (Lipinski definition) is 6. The zero-order valence-electron chi connectivity index (χ0n) is 16.1. The number of carbonyl (C=O) groups is 1. The summed E-state index contributed by atoms with van der Waals surface area (Å²) in [5.74, 6) is -0.459. The van der Waals surface area contributed by atoms with E-state index in [1.807, 2.05) is 50.2 Å². The fourth-order valence-electron chi connectivity index (χ4n) is 2.88. The molecule has 0 fully saturated rings. The lowest BCUT2D eigenvalue weighted by Crippen LogP contribution is -2.21. The number of hydrogen-bond donors (Lipinski definition) is 1. The van der Waals surface area contributed by atoms with Crippen LogP contribution in [-0.4, -0.2) is 18.3 Å². The van der Waals surface area contributed by atoms with Gasteiger partial charge in [0.05, 0.1) is 12.3 Å². The molecule has 6 nitrogen and oxygen atoms in total. The first-order valence-electron chi connectivity index (χ1n) is 9.06. The monoisotopic (exact) mass is 378 g/mol. The number of nitrogens with zero attached hydrogens (tertiary/aromatic N) is 1. The number of benzene rings is 2. The van der Waals surface area contributed by atoms with E-state index in [0.717, 1.165) is 27.8 Å². The lowest BCUT2D eigenvalue weighted by Gasteiger charge is -2.11. The lowest BCUT2D eigenvalue weighted by molar-refractivity contribution is -0.135. The summed E-state index contributed by atoms with van der Waals surface area (Å²) in [4.78, 5) is 23.9. The second-order valence-electron chi connectivity index (χ2n) is 6.46. The van der Waals surface area contributed by atoms with Crippen LogP contribution in [0.2, 0.25) is 0 Å². The van der Waals surface area contributed by atoms with Crippen molar-refractivity contribution in [3.8, 4) is 0 Å². The molecular formula is C22H22N2O4. The molecule has 6 heteroatoms. The van der Waals surface area contributed by atoms with Gasteiger partial charge in [-0.1, -0.05) is 30.3 Å². The fraction of sp³-hybridized carbons (Fsp3) is 0.227. The van der Waals surface area contributed by atoms with Crippen molar-refractivity contribution in [3.63, 3.8) is 0 Å². The Labute approximate surface area is 162 Å². The minimum absolute atomic E-state index is 0.278. The highest BCUT2D eigenvalue weighted by Crippen LogP contribution is 2.25. The highest BCUT2D eigenvalue weighted by molar-refractivity contribution is 6.37. The maximum absolute atomic E-state index is 12.3. The van der Waals surface area contributed by atoms with Gasteiger partial charge in [-0.05, 0) is 49.6 Å². The number of anilines is 1. The summed E-state index contributed by atoms with van der Waals surface area (Å²) in [6.45, 7) is 5.76. The fourth-order valence-corrected chi connectivity index (χ4v) is 2.88. The number of rotatable bonds is 6. The Bertz CT molecular complexity index is 1080. The van der Waals surface area contributed by atoms with Crippen LogP contribution in [0.1, 0.15) is 23.6 Å². The van der Waals surface area contributed by atoms with Crippen LogP contribution in [0.25, 0.3) is 11.0 Å². The van der Waals surface area contributed by atoms with Gasteiger partial charge >= 0.3 is 11.6 Å². The van der Waals surface area contributed by atoms with Gasteiger partial charge < -0.3 is 9.15 Å². The predicted molar refractivity (Wildman–Crippen MR) is 110 cm³/mol. The van der Waals surface area contributed by atoms with Gasteiger partial charge in [-0.2, -0.15) is 5.10 Å². The Balaban J connectivity index is 1.94. The second kappa shape index (κ2) is 8.52. The van der Waals surface area contributed by atoms with Crippen molar-refractivity contribution >= 4 is 28.3 Å². The first-order chi connectivity index (χ1) is 13.5. The molecule has 0 aliphatic heterocycles. The van der Waals surface area contributed by atoms with Crippen molar-refractivity contribution in [1.29, 1.82) is 0 Å². The topological polar surface area (TPSA) is 80.9 Å². The standard InChI is InChI=1S/C22H22N2O4/c1-4-27-22(26)19(12-16-8-6-5-7-9-16)24-23-18-13-17-14(2)11-21(25)28-20(17)10-15(18)3/h5-11,13,23H,4,12H2,1-3H3/b24-19+. The van der Waals surface area contributed by atoms with E-state index in [2.05, 4.69) is 10.5 Å². The van der Waals surface area contributed by atoms with Gasteiger partial charge in [0.25, 0.3) is 0 Å². The van der Waals surface area contributed by atoms with Crippen LogP contribution >= 0.6 is 0 Å². The summed E-state index contributed by atoms with van der Waals surface area (Å²) in [5, 5.41) is 5.13. The van der Waals surface area contributed by atoms with Crippen LogP contribution in [0.4, 0.5) is 5.69 Å². The quantitative estimate of drug-likeness (QED) is 0.304. The number of ether oxygens (including phenoxy) is 1. The molecule has 2 aromatic carbocycles. The summed E-state index contributed by atoms with van der Waals surface area (Å²) in [7, 11) is 0. The number of fused-ring (bicyclic) bond motifs is 1. The smallest absolute Gasteiger partial charge is 0.354 e. The molecule has 144 valence electrons. The molecule has 0 aliphatic rings. The maximum Gasteiger partial charge on any atom is 0.354 e. The Morgan fingerprint density at radius 3 is 2.57 bits per heavy atom. The van der Waals surface area contributed by atoms with Crippen LogP contribution in [0.3, 0.4) is 0 Å². The largest absolute Gasteiger partial charge is 0.461 e. The van der Waals surface area contributed by atoms with Crippen LogP contribution in [-0.2, 0) is 16.0 Å². The number of esters is 1. The highest BCUT2D eigenvalue weighted by atomic mass is 16.5. The van der Waals surface area contributed by atoms with E-state index >= 15 is 0 Å². The van der Waals surface area contributed by atoms with E-state index in [4.69, 9.17) is 9.15 Å². The summed E-state index contributed by atoms with van der Waals surface area (Å²) >= 11 is 0. The van der Waals surface area contributed by atoms with Crippen molar-refractivity contribution in [2.45, 2.75) is 27.2 Å². The van der Waals surface area contributed by atoms with Crippen molar-refractivity contribution < 1.29 is 13.9 Å². The zero-order chi connectivity index (χ0) is 20.1. The summed E-state index contributed by atoms with van der Waals surface area (Å²) in [6.07, 6.45) is 0.354. The molecule has 1 N–H and O–H groups in total. The normalized spacial score (nSPS) is 11.5. The number of nitrogens with one attached hydrogen (secondary N) is 1. The number of aryl methyl sites for hydroxylation is 2. The average Bonchev–Trinajstić information content (AvgIpc) is 2.66. The van der Waals surface area contributed by atoms with Crippen LogP contribution in [0.5, 0.6) is 0 Å². The van der Waals surface area contributed by atoms with E-state index in [9.17, 15) is 9.59 Å². The molecule has 0 amide bonds. The molecule has 0 bridgehead atoms. The zero-order valence-corrected chi connectivity index (χ0v) is 16.1. The molecular weight excluding hydrogens is 356 g/mol. The minimum atomic E-state index is -0.459. The Kier molecular flexibility index (Phi) is 5.89. The van der Waals surface area contributed by atoms with Gasteiger partial charge in [-0.25, -0.2) is 9.59 Å². The number of hydrazone groups is 1. The van der Waals surface area contributed by atoms with Crippen molar-refractivity contribution in [3.05, 3.63) is 75.6 Å². The van der Waals surface area contributed by atoms with Crippen LogP contribution < -0.4 is 11.1 Å². The van der Waals surface area contributed by atoms with Crippen LogP contribution in [0.15, 0.2) is 62.8 Å². The molecule has 1 aromatic heterocycles. The first-order valence-corrected chi connectivity index (χ1v) is 9.06. The third-order valence-electron chi connectivity index (χ3n) is 4.33. The molecule has 0 atom stereocenters. The Morgan fingerprint density at radius 1 is 1.11 bits per heavy atom. The molecule has 0 spiro atoms. The first kappa shape index (κ1) is 19.4. The Morgan fingerprint density at radius 2 is 1.86 bits per heavy atom. The van der Waals surface area contributed by atoms with E-state index in [1.54, 1.807) is 13.0 Å². The molecule has 0 aliphatic carbocycles. The van der Waals surface area contributed by atoms with Gasteiger partial charge in [0.1, 0.15) is 11.3 Å². The van der Waals surface area contributed by atoms with Gasteiger partial charge in [-0.3, -0.25) is 5.43 Å². The van der Waals surface area contributed by atoms with Gasteiger partial charge in [-0.15, -0.1) is 0 Å². The number of carbonyl (C=O) groups excluding carboxylic acids is 1. The third kappa shape index (κ3) is 4.46. The maximum atomic E-state index is 12.3. The van der Waals surface area contributed by atoms with Crippen LogP contribution in [0, 0.1) is 13.8 Å². The molecule has 0 unspecified atom stereocenters. The molecule has 0 saturated carbocycles. The van der Waals surface area contributed by atoms with Crippen molar-refractivity contribution in [1.82, 2.24) is 0 Å². The highest BCUT2D eigenvalue weighted by Gasteiger charge is 2.14. The van der Waals surface area contributed by atoms with Gasteiger partial charge in [0.2, 0.25) is 0 Å². The second-order valence-corrected chi connectivity index (χ2v) is 6.46. The molecule has 0 saturated heterocycles. The molecule has 28 heavy (non-hydrogen) atoms. The summed E-state index contributed by atoms with van der Waals surface area (Å²) < 4.78 is 10.4. The molecule has 3 aromatic rings. The summed E-state index contributed by atoms with van der Waals surface area (Å²) in [6, 6.07) is 14.7. The molecule has 0 radical (unpaired) electrons. The van der Waals surface area contributed by atoms with Gasteiger partial charge in [0.15, 0.2) is 0 Å².